The summed E-state index contributed by atoms with van der Waals surface area (Å²) in [6.45, 7) is 7.72. The summed E-state index contributed by atoms with van der Waals surface area (Å²) < 4.78 is 5.35. The van der Waals surface area contributed by atoms with Gasteiger partial charge in [-0.1, -0.05) is 41.0 Å². The number of piperazine rings is 1. The number of nitro groups is 1. The van der Waals surface area contributed by atoms with Crippen molar-refractivity contribution in [1.29, 1.82) is 0 Å². The molecule has 0 radical (unpaired) electrons. The number of rotatable bonds is 7. The molecule has 1 fully saturated rings. The lowest BCUT2D eigenvalue weighted by atomic mass is 10.2. The van der Waals surface area contributed by atoms with E-state index in [0.717, 1.165) is 0 Å². The molecule has 192 valence electrons. The van der Waals surface area contributed by atoms with Crippen LogP contribution in [0.2, 0.25) is 10.0 Å². The topological polar surface area (TPSA) is 93.0 Å². The average Bonchev–Trinajstić information content (AvgIpc) is 2.79. The van der Waals surface area contributed by atoms with Gasteiger partial charge in [-0.25, -0.2) is 0 Å². The number of nitro benzene ring substituents is 1. The largest absolute Gasteiger partial charge is 0.459 e. The van der Waals surface area contributed by atoms with Gasteiger partial charge in [-0.2, -0.15) is 0 Å². The van der Waals surface area contributed by atoms with E-state index in [1.54, 1.807) is 41.3 Å². The van der Waals surface area contributed by atoms with Gasteiger partial charge in [0.15, 0.2) is 0 Å². The van der Waals surface area contributed by atoms with Crippen LogP contribution >= 0.6 is 35.0 Å². The smallest absolute Gasteiger partial charge is 0.320 e. The van der Waals surface area contributed by atoms with Crippen molar-refractivity contribution in [2.45, 2.75) is 36.2 Å². The number of hydrogen-bond donors (Lipinski definition) is 0. The molecular formula is C25H27Cl2N3O5S. The molecule has 0 N–H and O–H groups in total. The SMILES string of the molecule is CC(C)(C)OC(=O)CN1CCN(C(=O)/C=C/c2ccc(Sc3ccc(Cl)cc3Cl)c([N+](=O)[O-])c2)CC1. The lowest BCUT2D eigenvalue weighted by molar-refractivity contribution is -0.387. The Labute approximate surface area is 224 Å². The predicted molar refractivity (Wildman–Crippen MR) is 142 cm³/mol. The first kappa shape index (κ1) is 28.0. The van der Waals surface area contributed by atoms with Gasteiger partial charge >= 0.3 is 5.97 Å². The molecule has 0 spiro atoms. The molecule has 36 heavy (non-hydrogen) atoms. The Kier molecular flexibility index (Phi) is 9.41. The van der Waals surface area contributed by atoms with Crippen LogP contribution in [-0.4, -0.2) is 64.9 Å². The molecule has 2 aromatic carbocycles. The zero-order valence-electron chi connectivity index (χ0n) is 20.2. The summed E-state index contributed by atoms with van der Waals surface area (Å²) in [6.07, 6.45) is 2.97. The third kappa shape index (κ3) is 8.23. The van der Waals surface area contributed by atoms with Gasteiger partial charge in [0.05, 0.1) is 21.4 Å². The van der Waals surface area contributed by atoms with E-state index >= 15 is 0 Å². The van der Waals surface area contributed by atoms with Crippen molar-refractivity contribution in [3.05, 3.63) is 68.2 Å². The average molecular weight is 552 g/mol. The van der Waals surface area contributed by atoms with Crippen molar-refractivity contribution in [2.75, 3.05) is 32.7 Å². The molecule has 0 bridgehead atoms. The lowest BCUT2D eigenvalue weighted by Gasteiger charge is -2.34. The van der Waals surface area contributed by atoms with Gasteiger partial charge in [-0.05, 0) is 56.7 Å². The quantitative estimate of drug-likeness (QED) is 0.192. The van der Waals surface area contributed by atoms with E-state index in [4.69, 9.17) is 27.9 Å². The number of halogens is 2. The molecule has 3 rings (SSSR count). The summed E-state index contributed by atoms with van der Waals surface area (Å²) >= 11 is 13.3. The fourth-order valence-corrected chi connectivity index (χ4v) is 4.93. The first-order valence-corrected chi connectivity index (χ1v) is 12.8. The Balaban J connectivity index is 1.60. The molecule has 0 saturated carbocycles. The van der Waals surface area contributed by atoms with Crippen LogP contribution in [-0.2, 0) is 14.3 Å². The van der Waals surface area contributed by atoms with Crippen molar-refractivity contribution >= 4 is 58.6 Å². The van der Waals surface area contributed by atoms with Crippen LogP contribution in [0.5, 0.6) is 0 Å². The predicted octanol–water partition coefficient (Wildman–Crippen LogP) is 5.55. The van der Waals surface area contributed by atoms with Crippen LogP contribution in [0.25, 0.3) is 6.08 Å². The number of hydrogen-bond acceptors (Lipinski definition) is 7. The Morgan fingerprint density at radius 1 is 1.08 bits per heavy atom. The van der Waals surface area contributed by atoms with E-state index in [1.165, 1.54) is 23.9 Å². The highest BCUT2D eigenvalue weighted by atomic mass is 35.5. The van der Waals surface area contributed by atoms with Crippen LogP contribution in [0.3, 0.4) is 0 Å². The van der Waals surface area contributed by atoms with Gasteiger partial charge in [-0.15, -0.1) is 0 Å². The number of nitrogens with zero attached hydrogens (tertiary/aromatic N) is 3. The van der Waals surface area contributed by atoms with Gasteiger partial charge in [0.2, 0.25) is 5.91 Å². The highest BCUT2D eigenvalue weighted by molar-refractivity contribution is 7.99. The van der Waals surface area contributed by atoms with Gasteiger partial charge in [0.1, 0.15) is 5.60 Å². The summed E-state index contributed by atoms with van der Waals surface area (Å²) in [6, 6.07) is 9.72. The van der Waals surface area contributed by atoms with Crippen LogP contribution < -0.4 is 0 Å². The monoisotopic (exact) mass is 551 g/mol. The fraction of sp³-hybridized carbons (Fsp3) is 0.360. The summed E-state index contributed by atoms with van der Waals surface area (Å²) in [4.78, 5) is 40.6. The number of benzene rings is 2. The van der Waals surface area contributed by atoms with Crippen molar-refractivity contribution in [3.8, 4) is 0 Å². The number of carbonyl (C=O) groups is 2. The highest BCUT2D eigenvalue weighted by Crippen LogP contribution is 2.39. The first-order chi connectivity index (χ1) is 16.9. The molecule has 0 aromatic heterocycles. The van der Waals surface area contributed by atoms with Crippen molar-refractivity contribution in [1.82, 2.24) is 9.80 Å². The molecule has 2 aromatic rings. The second kappa shape index (κ2) is 12.1. The minimum atomic E-state index is -0.533. The maximum absolute atomic E-state index is 12.6. The van der Waals surface area contributed by atoms with Crippen LogP contribution in [0, 0.1) is 10.1 Å². The maximum Gasteiger partial charge on any atom is 0.320 e. The molecule has 8 nitrogen and oxygen atoms in total. The summed E-state index contributed by atoms with van der Waals surface area (Å²) in [5, 5.41) is 12.6. The van der Waals surface area contributed by atoms with E-state index in [9.17, 15) is 19.7 Å². The molecule has 1 aliphatic heterocycles. The molecule has 1 aliphatic rings. The van der Waals surface area contributed by atoms with Crippen LogP contribution in [0.1, 0.15) is 26.3 Å². The number of carbonyl (C=O) groups excluding carboxylic acids is 2. The van der Waals surface area contributed by atoms with Gasteiger partial charge < -0.3 is 9.64 Å². The van der Waals surface area contributed by atoms with E-state index in [0.29, 0.717) is 51.6 Å². The number of esters is 1. The number of amides is 1. The van der Waals surface area contributed by atoms with E-state index in [1.807, 2.05) is 25.7 Å². The van der Waals surface area contributed by atoms with Crippen LogP contribution in [0.15, 0.2) is 52.3 Å². The lowest BCUT2D eigenvalue weighted by Crippen LogP contribution is -2.50. The van der Waals surface area contributed by atoms with Crippen molar-refractivity contribution in [3.63, 3.8) is 0 Å². The third-order valence-electron chi connectivity index (χ3n) is 5.17. The molecular weight excluding hydrogens is 525 g/mol. The summed E-state index contributed by atoms with van der Waals surface area (Å²) in [5.74, 6) is -0.482. The Hall–Kier alpha value is -2.59. The van der Waals surface area contributed by atoms with Gasteiger partial charge in [0, 0.05) is 48.2 Å². The standard InChI is InChI=1S/C25H27Cl2N3O5S/c1-25(2,3)35-24(32)16-28-10-12-29(13-11-28)23(31)9-5-17-4-7-22(20(14-17)30(33)34)36-21-8-6-18(26)15-19(21)27/h4-9,14-15H,10-13,16H2,1-3H3/b9-5+. The van der Waals surface area contributed by atoms with E-state index < -0.39 is 10.5 Å². The molecule has 0 unspecified atom stereocenters. The Morgan fingerprint density at radius 3 is 2.36 bits per heavy atom. The highest BCUT2D eigenvalue weighted by Gasteiger charge is 2.24. The van der Waals surface area contributed by atoms with Crippen molar-refractivity contribution in [2.24, 2.45) is 0 Å². The third-order valence-corrected chi connectivity index (χ3v) is 6.97. The molecule has 1 saturated heterocycles. The minimum absolute atomic E-state index is 0.0867. The van der Waals surface area contributed by atoms with Crippen LogP contribution in [0.4, 0.5) is 5.69 Å². The fourth-order valence-electron chi connectivity index (χ4n) is 3.50. The zero-order valence-corrected chi connectivity index (χ0v) is 22.5. The first-order valence-electron chi connectivity index (χ1n) is 11.2. The van der Waals surface area contributed by atoms with E-state index in [2.05, 4.69) is 0 Å². The zero-order chi connectivity index (χ0) is 26.5. The Bertz CT molecular complexity index is 1170. The van der Waals surface area contributed by atoms with Gasteiger partial charge in [0.25, 0.3) is 5.69 Å². The normalized spacial score (nSPS) is 14.8. The second-order valence-electron chi connectivity index (χ2n) is 9.18. The molecule has 11 heteroatoms. The van der Waals surface area contributed by atoms with Gasteiger partial charge in [-0.3, -0.25) is 24.6 Å². The molecule has 1 heterocycles. The molecule has 1 amide bonds. The minimum Gasteiger partial charge on any atom is -0.459 e. The maximum atomic E-state index is 12.6. The molecule has 0 atom stereocenters. The summed E-state index contributed by atoms with van der Waals surface area (Å²) in [7, 11) is 0. The second-order valence-corrected chi connectivity index (χ2v) is 11.1. The van der Waals surface area contributed by atoms with E-state index in [-0.39, 0.29) is 24.1 Å². The van der Waals surface area contributed by atoms with Crippen molar-refractivity contribution < 1.29 is 19.2 Å². The number of ether oxygens (including phenoxy) is 1. The summed E-state index contributed by atoms with van der Waals surface area (Å²) in [5.41, 5.74) is -0.0873. The Morgan fingerprint density at radius 2 is 1.75 bits per heavy atom. The molecule has 0 aliphatic carbocycles.